The Balaban J connectivity index is 2.09. The van der Waals surface area contributed by atoms with Crippen molar-refractivity contribution in [2.24, 2.45) is 0 Å². The summed E-state index contributed by atoms with van der Waals surface area (Å²) in [4.78, 5) is 2.35. The standard InChI is InChI=1S/C5H11N3/c1-6-4-7(2)8-3-5(6)8/h5H,3-4H2,1-2H3. The van der Waals surface area contributed by atoms with Crippen LogP contribution in [0.5, 0.6) is 0 Å². The first-order valence-corrected chi connectivity index (χ1v) is 2.97. The molecule has 2 saturated heterocycles. The number of fused-ring (bicyclic) bond motifs is 1. The molecule has 2 unspecified atom stereocenters. The van der Waals surface area contributed by atoms with Gasteiger partial charge in [0.2, 0.25) is 0 Å². The first-order valence-electron chi connectivity index (χ1n) is 2.97. The van der Waals surface area contributed by atoms with E-state index in [1.54, 1.807) is 0 Å². The van der Waals surface area contributed by atoms with Crippen LogP contribution in [0.15, 0.2) is 0 Å². The number of nitrogens with zero attached hydrogens (tertiary/aromatic N) is 3. The van der Waals surface area contributed by atoms with Crippen molar-refractivity contribution in [1.82, 2.24) is 14.9 Å². The van der Waals surface area contributed by atoms with Crippen molar-refractivity contribution in [3.8, 4) is 0 Å². The molecule has 3 heteroatoms. The van der Waals surface area contributed by atoms with Gasteiger partial charge in [0.1, 0.15) is 0 Å². The van der Waals surface area contributed by atoms with Crippen molar-refractivity contribution < 1.29 is 0 Å². The fraction of sp³-hybridized carbons (Fsp3) is 1.00. The highest BCUT2D eigenvalue weighted by molar-refractivity contribution is 4.89. The summed E-state index contributed by atoms with van der Waals surface area (Å²) in [5.74, 6) is 0. The zero-order valence-corrected chi connectivity index (χ0v) is 5.33. The number of hydrogen-bond donors (Lipinski definition) is 0. The Bertz CT molecular complexity index is 98.2. The summed E-state index contributed by atoms with van der Waals surface area (Å²) in [6.07, 6.45) is 0.750. The average molecular weight is 113 g/mol. The predicted octanol–water partition coefficient (Wildman–Crippen LogP) is -0.622. The van der Waals surface area contributed by atoms with Crippen molar-refractivity contribution in [3.63, 3.8) is 0 Å². The Labute approximate surface area is 49.4 Å². The van der Waals surface area contributed by atoms with Crippen molar-refractivity contribution in [2.45, 2.75) is 6.17 Å². The molecule has 2 fully saturated rings. The summed E-state index contributed by atoms with van der Waals surface area (Å²) < 4.78 is 0. The molecule has 0 spiro atoms. The topological polar surface area (TPSA) is 9.49 Å². The van der Waals surface area contributed by atoms with E-state index in [-0.39, 0.29) is 0 Å². The van der Waals surface area contributed by atoms with Gasteiger partial charge in [0.05, 0.1) is 12.8 Å². The second-order valence-corrected chi connectivity index (χ2v) is 2.66. The van der Waals surface area contributed by atoms with Crippen molar-refractivity contribution in [3.05, 3.63) is 0 Å². The normalized spacial score (nSPS) is 47.2. The monoisotopic (exact) mass is 113 g/mol. The molecule has 2 atom stereocenters. The van der Waals surface area contributed by atoms with Gasteiger partial charge in [-0.1, -0.05) is 0 Å². The van der Waals surface area contributed by atoms with Crippen molar-refractivity contribution >= 4 is 0 Å². The van der Waals surface area contributed by atoms with E-state index in [1.165, 1.54) is 6.54 Å². The van der Waals surface area contributed by atoms with Gasteiger partial charge in [0.15, 0.2) is 0 Å². The zero-order valence-electron chi connectivity index (χ0n) is 5.33. The molecule has 0 bridgehead atoms. The number of rotatable bonds is 0. The van der Waals surface area contributed by atoms with E-state index in [9.17, 15) is 0 Å². The number of likely N-dealkylation sites (N-methyl/N-ethyl adjacent to an activating group) is 1. The minimum absolute atomic E-state index is 0.750. The van der Waals surface area contributed by atoms with Crippen LogP contribution in [0.3, 0.4) is 0 Å². The summed E-state index contributed by atoms with van der Waals surface area (Å²) in [5.41, 5.74) is 0. The molecule has 2 heterocycles. The average Bonchev–Trinajstić information content (AvgIpc) is 2.35. The lowest BCUT2D eigenvalue weighted by Gasteiger charge is -2.12. The van der Waals surface area contributed by atoms with Gasteiger partial charge in [-0.2, -0.15) is 0 Å². The third-order valence-corrected chi connectivity index (χ3v) is 1.94. The largest absolute Gasteiger partial charge is 0.274 e. The maximum atomic E-state index is 2.35. The Kier molecular flexibility index (Phi) is 0.730. The lowest BCUT2D eigenvalue weighted by Crippen LogP contribution is -2.27. The Morgan fingerprint density at radius 2 is 2.12 bits per heavy atom. The summed E-state index contributed by atoms with van der Waals surface area (Å²) >= 11 is 0. The summed E-state index contributed by atoms with van der Waals surface area (Å²) in [7, 11) is 4.29. The Morgan fingerprint density at radius 1 is 1.38 bits per heavy atom. The molecule has 0 aromatic heterocycles. The van der Waals surface area contributed by atoms with Crippen LogP contribution in [0.4, 0.5) is 0 Å². The van der Waals surface area contributed by atoms with E-state index in [4.69, 9.17) is 0 Å². The quantitative estimate of drug-likeness (QED) is 0.387. The first-order chi connectivity index (χ1) is 3.79. The highest BCUT2D eigenvalue weighted by Gasteiger charge is 2.46. The minimum atomic E-state index is 0.750. The summed E-state index contributed by atoms with van der Waals surface area (Å²) in [5, 5.41) is 4.60. The van der Waals surface area contributed by atoms with E-state index >= 15 is 0 Å². The smallest absolute Gasteiger partial charge is 0.0913 e. The first kappa shape index (κ1) is 4.73. The lowest BCUT2D eigenvalue weighted by molar-refractivity contribution is 0.147. The third-order valence-electron chi connectivity index (χ3n) is 1.94. The van der Waals surface area contributed by atoms with Gasteiger partial charge in [-0.3, -0.25) is 4.90 Å². The van der Waals surface area contributed by atoms with Crippen LogP contribution >= 0.6 is 0 Å². The van der Waals surface area contributed by atoms with E-state index in [2.05, 4.69) is 29.0 Å². The van der Waals surface area contributed by atoms with Gasteiger partial charge in [-0.25, -0.2) is 10.0 Å². The van der Waals surface area contributed by atoms with E-state index in [1.807, 2.05) is 0 Å². The second-order valence-electron chi connectivity index (χ2n) is 2.66. The van der Waals surface area contributed by atoms with E-state index < -0.39 is 0 Å². The zero-order chi connectivity index (χ0) is 5.72. The SMILES string of the molecule is CN1CN(C)N2CC12. The molecule has 0 radical (unpaired) electrons. The van der Waals surface area contributed by atoms with E-state index in [0.717, 1.165) is 12.8 Å². The number of hydrazine groups is 1. The maximum absolute atomic E-state index is 2.35. The molecule has 2 aliphatic heterocycles. The lowest BCUT2D eigenvalue weighted by atomic mass is 10.7. The van der Waals surface area contributed by atoms with Crippen LogP contribution in [-0.4, -0.2) is 48.4 Å². The van der Waals surface area contributed by atoms with Gasteiger partial charge in [-0.15, -0.1) is 0 Å². The van der Waals surface area contributed by atoms with Gasteiger partial charge in [-0.05, 0) is 7.05 Å². The Morgan fingerprint density at radius 3 is 2.25 bits per heavy atom. The summed E-state index contributed by atoms with van der Waals surface area (Å²) in [6, 6.07) is 0. The molecule has 0 saturated carbocycles. The molecule has 2 rings (SSSR count). The van der Waals surface area contributed by atoms with Gasteiger partial charge < -0.3 is 0 Å². The van der Waals surface area contributed by atoms with Gasteiger partial charge in [0, 0.05) is 13.6 Å². The predicted molar refractivity (Wildman–Crippen MR) is 30.9 cm³/mol. The molecule has 0 N–H and O–H groups in total. The van der Waals surface area contributed by atoms with Crippen LogP contribution in [-0.2, 0) is 0 Å². The van der Waals surface area contributed by atoms with Gasteiger partial charge >= 0.3 is 0 Å². The van der Waals surface area contributed by atoms with Crippen LogP contribution in [0.2, 0.25) is 0 Å². The molecular weight excluding hydrogens is 102 g/mol. The fourth-order valence-corrected chi connectivity index (χ4v) is 1.35. The summed E-state index contributed by atoms with van der Waals surface area (Å²) in [6.45, 7) is 2.34. The second kappa shape index (κ2) is 1.23. The molecule has 46 valence electrons. The highest BCUT2D eigenvalue weighted by Crippen LogP contribution is 2.28. The fourth-order valence-electron chi connectivity index (χ4n) is 1.35. The minimum Gasteiger partial charge on any atom is -0.274 e. The molecule has 8 heavy (non-hydrogen) atoms. The molecule has 0 amide bonds. The molecule has 0 aliphatic carbocycles. The van der Waals surface area contributed by atoms with E-state index in [0.29, 0.717) is 0 Å². The molecule has 0 aromatic rings. The molecular formula is C5H11N3. The molecule has 3 nitrogen and oxygen atoms in total. The van der Waals surface area contributed by atoms with Crippen molar-refractivity contribution in [1.29, 1.82) is 0 Å². The maximum Gasteiger partial charge on any atom is 0.0913 e. The Hall–Kier alpha value is -0.120. The van der Waals surface area contributed by atoms with Crippen LogP contribution < -0.4 is 0 Å². The van der Waals surface area contributed by atoms with Crippen LogP contribution in [0, 0.1) is 0 Å². The highest BCUT2D eigenvalue weighted by atomic mass is 15.8. The van der Waals surface area contributed by atoms with Gasteiger partial charge in [0.25, 0.3) is 0 Å². The van der Waals surface area contributed by atoms with Crippen molar-refractivity contribution in [2.75, 3.05) is 27.3 Å². The molecule has 0 aromatic carbocycles. The van der Waals surface area contributed by atoms with Crippen LogP contribution in [0.1, 0.15) is 0 Å². The third kappa shape index (κ3) is 0.438. The number of hydrogen-bond acceptors (Lipinski definition) is 3. The van der Waals surface area contributed by atoms with Crippen LogP contribution in [0.25, 0.3) is 0 Å². The molecule has 2 aliphatic rings.